The first-order valence-electron chi connectivity index (χ1n) is 10.4. The average molecular weight is 531 g/mol. The van der Waals surface area contributed by atoms with Crippen LogP contribution in [0.4, 0.5) is 0 Å². The van der Waals surface area contributed by atoms with Crippen molar-refractivity contribution in [1.82, 2.24) is 24.7 Å². The van der Waals surface area contributed by atoms with E-state index < -0.39 is 0 Å². The van der Waals surface area contributed by atoms with E-state index in [0.29, 0.717) is 18.0 Å². The number of imidazole rings is 1. The summed E-state index contributed by atoms with van der Waals surface area (Å²) in [6.45, 7) is 11.8. The van der Waals surface area contributed by atoms with Crippen molar-refractivity contribution in [3.8, 4) is 0 Å². The zero-order valence-corrected chi connectivity index (χ0v) is 21.1. The van der Waals surface area contributed by atoms with Gasteiger partial charge in [-0.1, -0.05) is 20.8 Å². The Hall–Kier alpha value is -1.13. The van der Waals surface area contributed by atoms with E-state index in [9.17, 15) is 0 Å². The fraction of sp³-hybridized carbons (Fsp3) is 0.619. The van der Waals surface area contributed by atoms with Crippen LogP contribution in [0, 0.1) is 5.92 Å². The normalized spacial score (nSPS) is 21.1. The third-order valence-electron chi connectivity index (χ3n) is 5.97. The zero-order chi connectivity index (χ0) is 19.9. The molecule has 0 amide bonds. The molecule has 0 aliphatic carbocycles. The van der Waals surface area contributed by atoms with Crippen LogP contribution >= 0.6 is 35.3 Å². The van der Waals surface area contributed by atoms with Gasteiger partial charge in [0.2, 0.25) is 0 Å². The summed E-state index contributed by atoms with van der Waals surface area (Å²) in [4.78, 5) is 13.8. The van der Waals surface area contributed by atoms with Crippen LogP contribution in [0.3, 0.4) is 0 Å². The number of guanidine groups is 1. The molecule has 1 fully saturated rings. The number of piperidine rings is 1. The molecule has 0 spiro atoms. The van der Waals surface area contributed by atoms with Crippen LogP contribution in [0.15, 0.2) is 40.5 Å². The SMILES string of the molecule is CCN(CC)C(CNC(=NC)N1CCC(C)C(n2ccnc2)C1)c1ccsc1.I. The summed E-state index contributed by atoms with van der Waals surface area (Å²) < 4.78 is 2.24. The first-order valence-corrected chi connectivity index (χ1v) is 11.3. The van der Waals surface area contributed by atoms with Crippen molar-refractivity contribution in [2.24, 2.45) is 10.9 Å². The number of likely N-dealkylation sites (tertiary alicyclic amines) is 1. The van der Waals surface area contributed by atoms with E-state index in [1.165, 1.54) is 5.56 Å². The molecule has 0 aromatic carbocycles. The molecular weight excluding hydrogens is 495 g/mol. The van der Waals surface area contributed by atoms with Crippen molar-refractivity contribution in [3.63, 3.8) is 0 Å². The van der Waals surface area contributed by atoms with E-state index in [2.05, 4.69) is 73.5 Å². The van der Waals surface area contributed by atoms with Gasteiger partial charge in [-0.25, -0.2) is 4.98 Å². The molecule has 3 atom stereocenters. The standard InChI is InChI=1S/C21H34N6S.HI/c1-5-25(6-2)19(18-8-12-28-15-18)13-24-21(22-4)26-10-7-17(3)20(14-26)27-11-9-23-16-27;/h8-9,11-12,15-17,19-20H,5-7,10,13-14H2,1-4H3,(H,22,24);1H. The molecule has 8 heteroatoms. The van der Waals surface area contributed by atoms with Crippen LogP contribution in [-0.2, 0) is 0 Å². The monoisotopic (exact) mass is 530 g/mol. The molecule has 1 aliphatic rings. The molecule has 1 saturated heterocycles. The first-order chi connectivity index (χ1) is 13.7. The summed E-state index contributed by atoms with van der Waals surface area (Å²) >= 11 is 1.77. The Morgan fingerprint density at radius 3 is 2.79 bits per heavy atom. The minimum Gasteiger partial charge on any atom is -0.354 e. The number of thiophene rings is 1. The smallest absolute Gasteiger partial charge is 0.193 e. The summed E-state index contributed by atoms with van der Waals surface area (Å²) in [5, 5.41) is 8.11. The van der Waals surface area contributed by atoms with Gasteiger partial charge >= 0.3 is 0 Å². The lowest BCUT2D eigenvalue weighted by atomic mass is 9.93. The molecular formula is C21H35IN6S. The maximum Gasteiger partial charge on any atom is 0.193 e. The second kappa shape index (κ2) is 11.9. The number of rotatable bonds is 7. The number of aromatic nitrogens is 2. The Balaban J connectivity index is 0.00000300. The molecule has 0 bridgehead atoms. The van der Waals surface area contributed by atoms with E-state index in [1.54, 1.807) is 11.3 Å². The number of likely N-dealkylation sites (N-methyl/N-ethyl adjacent to an activating group) is 1. The van der Waals surface area contributed by atoms with Crippen molar-refractivity contribution in [2.45, 2.75) is 39.3 Å². The molecule has 1 aliphatic heterocycles. The van der Waals surface area contributed by atoms with Gasteiger partial charge in [-0.2, -0.15) is 11.3 Å². The number of hydrogen-bond acceptors (Lipinski definition) is 4. The van der Waals surface area contributed by atoms with Crippen LogP contribution in [-0.4, -0.2) is 65.1 Å². The van der Waals surface area contributed by atoms with Gasteiger partial charge in [0.25, 0.3) is 0 Å². The van der Waals surface area contributed by atoms with E-state index >= 15 is 0 Å². The van der Waals surface area contributed by atoms with Crippen molar-refractivity contribution in [3.05, 3.63) is 41.1 Å². The van der Waals surface area contributed by atoms with Crippen molar-refractivity contribution < 1.29 is 0 Å². The maximum atomic E-state index is 4.61. The highest BCUT2D eigenvalue weighted by Crippen LogP contribution is 2.28. The van der Waals surface area contributed by atoms with Gasteiger partial charge in [0.1, 0.15) is 0 Å². The number of aliphatic imine (C=N–C) groups is 1. The molecule has 3 unspecified atom stereocenters. The Bertz CT molecular complexity index is 714. The van der Waals surface area contributed by atoms with Gasteiger partial charge in [-0.15, -0.1) is 24.0 Å². The van der Waals surface area contributed by atoms with Gasteiger partial charge < -0.3 is 14.8 Å². The van der Waals surface area contributed by atoms with Crippen molar-refractivity contribution in [2.75, 3.05) is 39.8 Å². The number of nitrogens with one attached hydrogen (secondary N) is 1. The Kier molecular flexibility index (Phi) is 9.91. The van der Waals surface area contributed by atoms with Crippen molar-refractivity contribution >= 4 is 41.3 Å². The van der Waals surface area contributed by atoms with Crippen LogP contribution in [0.25, 0.3) is 0 Å². The Labute approximate surface area is 196 Å². The second-order valence-electron chi connectivity index (χ2n) is 7.51. The largest absolute Gasteiger partial charge is 0.354 e. The highest BCUT2D eigenvalue weighted by Gasteiger charge is 2.29. The lowest BCUT2D eigenvalue weighted by molar-refractivity contribution is 0.184. The number of hydrogen-bond donors (Lipinski definition) is 1. The third-order valence-corrected chi connectivity index (χ3v) is 6.67. The third kappa shape index (κ3) is 5.95. The summed E-state index contributed by atoms with van der Waals surface area (Å²) in [5.74, 6) is 1.64. The number of halogens is 1. The highest BCUT2D eigenvalue weighted by atomic mass is 127. The molecule has 2 aromatic rings. The summed E-state index contributed by atoms with van der Waals surface area (Å²) in [6.07, 6.45) is 7.05. The van der Waals surface area contributed by atoms with Crippen molar-refractivity contribution in [1.29, 1.82) is 0 Å². The van der Waals surface area contributed by atoms with E-state index in [1.807, 2.05) is 19.6 Å². The fourth-order valence-corrected chi connectivity index (χ4v) is 4.91. The van der Waals surface area contributed by atoms with Gasteiger partial charge in [-0.3, -0.25) is 9.89 Å². The van der Waals surface area contributed by atoms with Gasteiger partial charge in [0, 0.05) is 39.1 Å². The van der Waals surface area contributed by atoms with Crippen LogP contribution in [0.5, 0.6) is 0 Å². The molecule has 6 nitrogen and oxygen atoms in total. The molecule has 0 radical (unpaired) electrons. The molecule has 3 rings (SSSR count). The van der Waals surface area contributed by atoms with E-state index in [0.717, 1.165) is 45.1 Å². The Morgan fingerprint density at radius 2 is 2.21 bits per heavy atom. The minimum atomic E-state index is 0. The van der Waals surface area contributed by atoms with Gasteiger partial charge in [0.15, 0.2) is 5.96 Å². The molecule has 29 heavy (non-hydrogen) atoms. The van der Waals surface area contributed by atoms with Gasteiger partial charge in [0.05, 0.1) is 18.4 Å². The van der Waals surface area contributed by atoms with Crippen LogP contribution < -0.4 is 5.32 Å². The highest BCUT2D eigenvalue weighted by molar-refractivity contribution is 14.0. The molecule has 1 N–H and O–H groups in total. The topological polar surface area (TPSA) is 48.7 Å². The minimum absolute atomic E-state index is 0. The Morgan fingerprint density at radius 1 is 1.41 bits per heavy atom. The van der Waals surface area contributed by atoms with Crippen LogP contribution in [0.2, 0.25) is 0 Å². The predicted molar refractivity (Wildman–Crippen MR) is 133 cm³/mol. The first kappa shape index (κ1) is 24.1. The molecule has 2 aromatic heterocycles. The van der Waals surface area contributed by atoms with E-state index in [4.69, 9.17) is 0 Å². The molecule has 3 heterocycles. The second-order valence-corrected chi connectivity index (χ2v) is 8.29. The molecule has 0 saturated carbocycles. The quantitative estimate of drug-likeness (QED) is 0.333. The predicted octanol–water partition coefficient (Wildman–Crippen LogP) is 4.10. The fourth-order valence-electron chi connectivity index (χ4n) is 4.20. The summed E-state index contributed by atoms with van der Waals surface area (Å²) in [5.41, 5.74) is 1.39. The van der Waals surface area contributed by atoms with E-state index in [-0.39, 0.29) is 24.0 Å². The summed E-state index contributed by atoms with van der Waals surface area (Å²) in [7, 11) is 1.89. The lowest BCUT2D eigenvalue weighted by Gasteiger charge is -2.40. The molecule has 162 valence electrons. The maximum absolute atomic E-state index is 4.61. The summed E-state index contributed by atoms with van der Waals surface area (Å²) in [6, 6.07) is 3.05. The average Bonchev–Trinajstić information content (AvgIpc) is 3.43. The zero-order valence-electron chi connectivity index (χ0n) is 18.0. The van der Waals surface area contributed by atoms with Gasteiger partial charge in [-0.05, 0) is 47.8 Å². The lowest BCUT2D eigenvalue weighted by Crippen LogP contribution is -2.50. The van der Waals surface area contributed by atoms with Crippen LogP contribution in [0.1, 0.15) is 44.8 Å². The number of nitrogens with zero attached hydrogens (tertiary/aromatic N) is 5.